The molecule has 2 atom stereocenters. The highest BCUT2D eigenvalue weighted by Gasteiger charge is 2.34. The number of carbonyl (C=O) groups excluding carboxylic acids is 1. The van der Waals surface area contributed by atoms with Gasteiger partial charge in [-0.25, -0.2) is 5.01 Å². The van der Waals surface area contributed by atoms with Gasteiger partial charge in [-0.05, 0) is 39.7 Å². The first-order valence-electron chi connectivity index (χ1n) is 5.70. The largest absolute Gasteiger partial charge is 0.330 e. The van der Waals surface area contributed by atoms with Gasteiger partial charge < -0.3 is 5.73 Å². The Morgan fingerprint density at radius 1 is 1.60 bits per heavy atom. The molecular weight excluding hydrogens is 190 g/mol. The van der Waals surface area contributed by atoms with Gasteiger partial charge in [-0.3, -0.25) is 4.79 Å². The van der Waals surface area contributed by atoms with Crippen molar-refractivity contribution in [3.63, 3.8) is 0 Å². The Morgan fingerprint density at radius 2 is 2.27 bits per heavy atom. The van der Waals surface area contributed by atoms with E-state index in [1.165, 1.54) is 0 Å². The Balaban J connectivity index is 2.65. The van der Waals surface area contributed by atoms with Gasteiger partial charge in [-0.2, -0.15) is 5.10 Å². The minimum absolute atomic E-state index is 0.0254. The van der Waals surface area contributed by atoms with Crippen LogP contribution in [0.4, 0.5) is 0 Å². The predicted molar refractivity (Wildman–Crippen MR) is 61.5 cm³/mol. The molecule has 1 rings (SSSR count). The molecule has 0 aromatic heterocycles. The van der Waals surface area contributed by atoms with Crippen molar-refractivity contribution in [3.05, 3.63) is 0 Å². The average molecular weight is 211 g/mol. The Hall–Kier alpha value is -0.900. The zero-order valence-corrected chi connectivity index (χ0v) is 9.86. The lowest BCUT2D eigenvalue weighted by molar-refractivity contribution is -0.133. The first-order valence-corrected chi connectivity index (χ1v) is 5.70. The lowest BCUT2D eigenvalue weighted by Crippen LogP contribution is -2.33. The Bertz CT molecular complexity index is 263. The topological polar surface area (TPSA) is 58.7 Å². The Labute approximate surface area is 91.5 Å². The molecule has 0 bridgehead atoms. The zero-order chi connectivity index (χ0) is 11.4. The maximum absolute atomic E-state index is 12.0. The van der Waals surface area contributed by atoms with Crippen molar-refractivity contribution in [1.82, 2.24) is 5.01 Å². The molecule has 0 aliphatic carbocycles. The summed E-state index contributed by atoms with van der Waals surface area (Å²) in [6.07, 6.45) is 2.65. The summed E-state index contributed by atoms with van der Waals surface area (Å²) in [4.78, 5) is 12.0. The van der Waals surface area contributed by atoms with Crippen molar-refractivity contribution in [2.75, 3.05) is 6.54 Å². The van der Waals surface area contributed by atoms with Crippen molar-refractivity contribution in [3.8, 4) is 0 Å². The van der Waals surface area contributed by atoms with E-state index in [0.717, 1.165) is 25.0 Å². The number of nitrogens with two attached hydrogens (primary N) is 1. The second kappa shape index (κ2) is 5.26. The smallest absolute Gasteiger partial charge is 0.251 e. The summed E-state index contributed by atoms with van der Waals surface area (Å²) in [5.74, 6) is 0.123. The van der Waals surface area contributed by atoms with E-state index in [0.29, 0.717) is 6.54 Å². The summed E-state index contributed by atoms with van der Waals surface area (Å²) in [7, 11) is 0. The molecule has 4 nitrogen and oxygen atoms in total. The average Bonchev–Trinajstić information content (AvgIpc) is 2.51. The third-order valence-corrected chi connectivity index (χ3v) is 3.00. The predicted octanol–water partition coefficient (Wildman–Crippen LogP) is 1.36. The van der Waals surface area contributed by atoms with Crippen molar-refractivity contribution < 1.29 is 4.79 Å². The lowest BCUT2D eigenvalue weighted by Gasteiger charge is -2.20. The van der Waals surface area contributed by atoms with Crippen LogP contribution in [0.5, 0.6) is 0 Å². The molecule has 2 N–H and O–H groups in total. The number of amides is 1. The highest BCUT2D eigenvalue weighted by molar-refractivity contribution is 6.06. The van der Waals surface area contributed by atoms with Crippen molar-refractivity contribution in [1.29, 1.82) is 0 Å². The van der Waals surface area contributed by atoms with Gasteiger partial charge in [-0.1, -0.05) is 6.92 Å². The Morgan fingerprint density at radius 3 is 2.80 bits per heavy atom. The number of nitrogens with zero attached hydrogens (tertiary/aromatic N) is 2. The molecule has 86 valence electrons. The van der Waals surface area contributed by atoms with Crippen LogP contribution < -0.4 is 5.73 Å². The molecule has 2 unspecified atom stereocenters. The summed E-state index contributed by atoms with van der Waals surface area (Å²) in [6.45, 7) is 6.66. The van der Waals surface area contributed by atoms with Gasteiger partial charge in [0.1, 0.15) is 0 Å². The van der Waals surface area contributed by atoms with Crippen LogP contribution in [-0.4, -0.2) is 29.2 Å². The van der Waals surface area contributed by atoms with Crippen LogP contribution in [0.1, 0.15) is 40.0 Å². The van der Waals surface area contributed by atoms with Crippen LogP contribution in [0, 0.1) is 5.92 Å². The van der Waals surface area contributed by atoms with E-state index in [1.807, 2.05) is 13.8 Å². The molecule has 1 aliphatic heterocycles. The highest BCUT2D eigenvalue weighted by Crippen LogP contribution is 2.22. The fourth-order valence-corrected chi connectivity index (χ4v) is 1.77. The molecule has 0 fully saturated rings. The summed E-state index contributed by atoms with van der Waals surface area (Å²) in [5, 5.41) is 5.97. The van der Waals surface area contributed by atoms with Gasteiger partial charge in [0.05, 0.1) is 12.0 Å². The highest BCUT2D eigenvalue weighted by atomic mass is 16.2. The number of carbonyl (C=O) groups is 1. The molecule has 0 aromatic carbocycles. The maximum Gasteiger partial charge on any atom is 0.251 e. The van der Waals surface area contributed by atoms with Gasteiger partial charge in [0, 0.05) is 5.71 Å². The molecule has 1 heterocycles. The normalized spacial score (nSPS) is 23.2. The molecule has 1 amide bonds. The minimum atomic E-state index is -0.0254. The molecule has 0 spiro atoms. The Kier molecular flexibility index (Phi) is 4.27. The van der Waals surface area contributed by atoms with Gasteiger partial charge in [0.2, 0.25) is 0 Å². The fourth-order valence-electron chi connectivity index (χ4n) is 1.77. The van der Waals surface area contributed by atoms with Crippen LogP contribution in [0.25, 0.3) is 0 Å². The van der Waals surface area contributed by atoms with E-state index in [1.54, 1.807) is 5.01 Å². The van der Waals surface area contributed by atoms with Crippen molar-refractivity contribution in [2.45, 2.75) is 46.1 Å². The SMILES string of the molecule is CCC(C)N1N=C(C)C(CCCN)C1=O. The standard InChI is InChI=1S/C11H21N3O/c1-4-8(2)14-11(15)10(6-5-7-12)9(3)13-14/h8,10H,4-7,12H2,1-3H3. The zero-order valence-electron chi connectivity index (χ0n) is 9.86. The second-order valence-electron chi connectivity index (χ2n) is 4.16. The monoisotopic (exact) mass is 211 g/mol. The number of hydrogen-bond donors (Lipinski definition) is 1. The first kappa shape index (κ1) is 12.2. The maximum atomic E-state index is 12.0. The fraction of sp³-hybridized carbons (Fsp3) is 0.818. The van der Waals surface area contributed by atoms with Crippen LogP contribution >= 0.6 is 0 Å². The number of hydrogen-bond acceptors (Lipinski definition) is 3. The molecule has 4 heteroatoms. The van der Waals surface area contributed by atoms with Crippen LogP contribution in [-0.2, 0) is 4.79 Å². The van der Waals surface area contributed by atoms with E-state index in [2.05, 4.69) is 12.0 Å². The van der Waals surface area contributed by atoms with E-state index in [9.17, 15) is 4.79 Å². The van der Waals surface area contributed by atoms with Crippen LogP contribution in [0.15, 0.2) is 5.10 Å². The molecule has 0 saturated carbocycles. The van der Waals surface area contributed by atoms with Crippen molar-refractivity contribution >= 4 is 11.6 Å². The van der Waals surface area contributed by atoms with Crippen molar-refractivity contribution in [2.24, 2.45) is 16.8 Å². The third kappa shape index (κ3) is 2.56. The van der Waals surface area contributed by atoms with E-state index < -0.39 is 0 Å². The molecule has 0 saturated heterocycles. The molecule has 15 heavy (non-hydrogen) atoms. The molecular formula is C11H21N3O. The summed E-state index contributed by atoms with van der Waals surface area (Å²) in [6, 6.07) is 0.204. The third-order valence-electron chi connectivity index (χ3n) is 3.00. The summed E-state index contributed by atoms with van der Waals surface area (Å²) >= 11 is 0. The second-order valence-corrected chi connectivity index (χ2v) is 4.16. The lowest BCUT2D eigenvalue weighted by atomic mass is 9.98. The van der Waals surface area contributed by atoms with E-state index >= 15 is 0 Å². The van der Waals surface area contributed by atoms with Gasteiger partial charge >= 0.3 is 0 Å². The summed E-state index contributed by atoms with van der Waals surface area (Å²) < 4.78 is 0. The number of hydrazone groups is 1. The molecule has 1 aliphatic rings. The first-order chi connectivity index (χ1) is 7.11. The number of rotatable bonds is 5. The van der Waals surface area contributed by atoms with Crippen LogP contribution in [0.2, 0.25) is 0 Å². The van der Waals surface area contributed by atoms with E-state index in [4.69, 9.17) is 5.73 Å². The minimum Gasteiger partial charge on any atom is -0.330 e. The van der Waals surface area contributed by atoms with Gasteiger partial charge in [0.15, 0.2) is 0 Å². The molecule has 0 radical (unpaired) electrons. The quantitative estimate of drug-likeness (QED) is 0.746. The molecule has 0 aromatic rings. The van der Waals surface area contributed by atoms with Gasteiger partial charge in [0.25, 0.3) is 5.91 Å². The van der Waals surface area contributed by atoms with Crippen LogP contribution in [0.3, 0.4) is 0 Å². The summed E-state index contributed by atoms with van der Waals surface area (Å²) in [5.41, 5.74) is 6.39. The van der Waals surface area contributed by atoms with Gasteiger partial charge in [-0.15, -0.1) is 0 Å². The van der Waals surface area contributed by atoms with E-state index in [-0.39, 0.29) is 17.9 Å².